The predicted molar refractivity (Wildman–Crippen MR) is 134 cm³/mol. The number of hydrogen-bond donors (Lipinski definition) is 1. The first-order valence-electron chi connectivity index (χ1n) is 11.5. The quantitative estimate of drug-likeness (QED) is 0.330. The van der Waals surface area contributed by atoms with Gasteiger partial charge in [-0.2, -0.15) is 0 Å². The zero-order chi connectivity index (χ0) is 25.5. The highest BCUT2D eigenvalue weighted by atomic mass is 32.1. The molecule has 1 aromatic carbocycles. The number of hydrogen-bond acceptors (Lipinski definition) is 7. The molecule has 2 aromatic rings. The van der Waals surface area contributed by atoms with Gasteiger partial charge in [0, 0.05) is 6.42 Å². The number of carbonyl (C=O) groups is 3. The summed E-state index contributed by atoms with van der Waals surface area (Å²) in [6.45, 7) is 13.9. The van der Waals surface area contributed by atoms with Crippen molar-refractivity contribution in [1.82, 2.24) is 0 Å². The first-order valence-corrected chi connectivity index (χ1v) is 12.3. The minimum Gasteiger partial charge on any atom is -0.494 e. The van der Waals surface area contributed by atoms with Crippen molar-refractivity contribution in [2.75, 3.05) is 18.5 Å². The lowest BCUT2D eigenvalue weighted by atomic mass is 9.87. The van der Waals surface area contributed by atoms with Crippen LogP contribution < -0.4 is 10.1 Å². The third-order valence-electron chi connectivity index (χ3n) is 4.94. The second kappa shape index (κ2) is 12.0. The highest BCUT2D eigenvalue weighted by Gasteiger charge is 2.27. The van der Waals surface area contributed by atoms with Crippen molar-refractivity contribution in [3.8, 4) is 5.75 Å². The van der Waals surface area contributed by atoms with Gasteiger partial charge in [-0.1, -0.05) is 32.9 Å². The second-order valence-corrected chi connectivity index (χ2v) is 10.2. The standard InChI is InChI=1S/C26H35NO6S/c1-8-31-24(29)21-17(4)22(25(30)33-16(2)3)34-23(21)27-20(28)10-9-15-32-19-13-11-18(12-14-19)26(5,6)7/h11-14,16H,8-10,15H2,1-7H3,(H,27,28). The summed E-state index contributed by atoms with van der Waals surface area (Å²) in [4.78, 5) is 37.7. The Morgan fingerprint density at radius 3 is 2.26 bits per heavy atom. The number of nitrogens with one attached hydrogen (secondary N) is 1. The van der Waals surface area contributed by atoms with Crippen molar-refractivity contribution in [1.29, 1.82) is 0 Å². The summed E-state index contributed by atoms with van der Waals surface area (Å²) in [5, 5.41) is 3.04. The van der Waals surface area contributed by atoms with E-state index in [2.05, 4.69) is 26.1 Å². The second-order valence-electron chi connectivity index (χ2n) is 9.21. The predicted octanol–water partition coefficient (Wildman–Crippen LogP) is 5.89. The summed E-state index contributed by atoms with van der Waals surface area (Å²) in [5.74, 6) is -0.644. The van der Waals surface area contributed by atoms with Crippen LogP contribution in [0.15, 0.2) is 24.3 Å². The number of rotatable bonds is 10. The van der Waals surface area contributed by atoms with E-state index < -0.39 is 11.9 Å². The van der Waals surface area contributed by atoms with Gasteiger partial charge in [0.15, 0.2) is 0 Å². The number of thiophene rings is 1. The van der Waals surface area contributed by atoms with Crippen molar-refractivity contribution < 1.29 is 28.6 Å². The van der Waals surface area contributed by atoms with Crippen molar-refractivity contribution in [2.24, 2.45) is 0 Å². The lowest BCUT2D eigenvalue weighted by Crippen LogP contribution is -2.15. The fourth-order valence-electron chi connectivity index (χ4n) is 3.18. The summed E-state index contributed by atoms with van der Waals surface area (Å²) in [7, 11) is 0. The number of benzene rings is 1. The normalized spacial score (nSPS) is 11.3. The summed E-state index contributed by atoms with van der Waals surface area (Å²) in [6.07, 6.45) is 0.391. The topological polar surface area (TPSA) is 90.9 Å². The van der Waals surface area contributed by atoms with Gasteiger partial charge >= 0.3 is 11.9 Å². The Bertz CT molecular complexity index is 1000. The van der Waals surface area contributed by atoms with E-state index >= 15 is 0 Å². The summed E-state index contributed by atoms with van der Waals surface area (Å²) in [5.41, 5.74) is 1.92. The molecule has 8 heteroatoms. The fraction of sp³-hybridized carbons (Fsp3) is 0.500. The number of amides is 1. The molecule has 186 valence electrons. The van der Waals surface area contributed by atoms with Crippen LogP contribution in [0.2, 0.25) is 0 Å². The Hall–Kier alpha value is -2.87. The highest BCUT2D eigenvalue weighted by Crippen LogP contribution is 2.34. The largest absolute Gasteiger partial charge is 0.494 e. The molecule has 1 amide bonds. The molecule has 0 fully saturated rings. The Kier molecular flexibility index (Phi) is 9.67. The molecule has 0 unspecified atom stereocenters. The molecule has 0 aliphatic rings. The zero-order valence-corrected chi connectivity index (χ0v) is 21.9. The van der Waals surface area contributed by atoms with Gasteiger partial charge in [0.05, 0.1) is 24.9 Å². The van der Waals surface area contributed by atoms with Crippen LogP contribution >= 0.6 is 11.3 Å². The molecule has 1 heterocycles. The average Bonchev–Trinajstić information content (AvgIpc) is 3.06. The lowest BCUT2D eigenvalue weighted by molar-refractivity contribution is -0.116. The maximum absolute atomic E-state index is 12.6. The molecule has 0 atom stereocenters. The Labute approximate surface area is 205 Å². The molecule has 0 bridgehead atoms. The van der Waals surface area contributed by atoms with Gasteiger partial charge in [0.25, 0.3) is 0 Å². The van der Waals surface area contributed by atoms with E-state index in [1.54, 1.807) is 27.7 Å². The van der Waals surface area contributed by atoms with Crippen LogP contribution in [0.3, 0.4) is 0 Å². The Morgan fingerprint density at radius 1 is 1.06 bits per heavy atom. The minimum absolute atomic E-state index is 0.0740. The molecule has 2 rings (SSSR count). The Balaban J connectivity index is 2.00. The number of anilines is 1. The average molecular weight is 490 g/mol. The van der Waals surface area contributed by atoms with Gasteiger partial charge < -0.3 is 19.5 Å². The summed E-state index contributed by atoms with van der Waals surface area (Å²) in [6, 6.07) is 7.94. The molecule has 0 saturated heterocycles. The third-order valence-corrected chi connectivity index (χ3v) is 6.13. The van der Waals surface area contributed by atoms with Crippen LogP contribution in [0.1, 0.15) is 85.5 Å². The van der Waals surface area contributed by atoms with Crippen LogP contribution in [0, 0.1) is 6.92 Å². The first-order chi connectivity index (χ1) is 15.9. The van der Waals surface area contributed by atoms with Gasteiger partial charge in [0.2, 0.25) is 5.91 Å². The molecular weight excluding hydrogens is 454 g/mol. The minimum atomic E-state index is -0.586. The molecule has 1 N–H and O–H groups in total. The number of ether oxygens (including phenoxy) is 3. The maximum Gasteiger partial charge on any atom is 0.348 e. The molecule has 0 saturated carbocycles. The van der Waals surface area contributed by atoms with Gasteiger partial charge in [-0.25, -0.2) is 9.59 Å². The van der Waals surface area contributed by atoms with E-state index in [0.717, 1.165) is 17.1 Å². The molecule has 0 spiro atoms. The van der Waals surface area contributed by atoms with E-state index in [0.29, 0.717) is 18.6 Å². The molecule has 0 aliphatic heterocycles. The van der Waals surface area contributed by atoms with Crippen molar-refractivity contribution in [3.05, 3.63) is 45.8 Å². The first kappa shape index (κ1) is 27.4. The van der Waals surface area contributed by atoms with Crippen molar-refractivity contribution in [3.63, 3.8) is 0 Å². The van der Waals surface area contributed by atoms with E-state index in [1.165, 1.54) is 5.56 Å². The molecule has 1 aromatic heterocycles. The van der Waals surface area contributed by atoms with Gasteiger partial charge in [-0.15, -0.1) is 11.3 Å². The van der Waals surface area contributed by atoms with Crippen LogP contribution in [-0.2, 0) is 19.7 Å². The van der Waals surface area contributed by atoms with Crippen LogP contribution in [0.5, 0.6) is 5.75 Å². The summed E-state index contributed by atoms with van der Waals surface area (Å²) < 4.78 is 16.1. The van der Waals surface area contributed by atoms with Crippen molar-refractivity contribution >= 4 is 34.2 Å². The van der Waals surface area contributed by atoms with Crippen LogP contribution in [-0.4, -0.2) is 37.2 Å². The lowest BCUT2D eigenvalue weighted by Gasteiger charge is -2.19. The van der Waals surface area contributed by atoms with E-state index in [4.69, 9.17) is 14.2 Å². The smallest absolute Gasteiger partial charge is 0.348 e. The molecule has 7 nitrogen and oxygen atoms in total. The monoisotopic (exact) mass is 489 g/mol. The number of esters is 2. The van der Waals surface area contributed by atoms with Crippen LogP contribution in [0.4, 0.5) is 5.00 Å². The SMILES string of the molecule is CCOC(=O)c1c(NC(=O)CCCOc2ccc(C(C)(C)C)cc2)sc(C(=O)OC(C)C)c1C. The highest BCUT2D eigenvalue weighted by molar-refractivity contribution is 7.18. The van der Waals surface area contributed by atoms with E-state index in [9.17, 15) is 14.4 Å². The third kappa shape index (κ3) is 7.58. The maximum atomic E-state index is 12.6. The van der Waals surface area contributed by atoms with Gasteiger partial charge in [-0.05, 0) is 62.8 Å². The fourth-order valence-corrected chi connectivity index (χ4v) is 4.27. The molecule has 34 heavy (non-hydrogen) atoms. The van der Waals surface area contributed by atoms with Gasteiger partial charge in [0.1, 0.15) is 15.6 Å². The van der Waals surface area contributed by atoms with E-state index in [-0.39, 0.29) is 45.9 Å². The molecular formula is C26H35NO6S. The van der Waals surface area contributed by atoms with Crippen molar-refractivity contribution in [2.45, 2.75) is 72.8 Å². The molecule has 0 aliphatic carbocycles. The van der Waals surface area contributed by atoms with Crippen LogP contribution in [0.25, 0.3) is 0 Å². The number of carbonyl (C=O) groups excluding carboxylic acids is 3. The summed E-state index contributed by atoms with van der Waals surface area (Å²) >= 11 is 1.02. The molecule has 0 radical (unpaired) electrons. The zero-order valence-electron chi connectivity index (χ0n) is 21.1. The van der Waals surface area contributed by atoms with Gasteiger partial charge in [-0.3, -0.25) is 4.79 Å². The Morgan fingerprint density at radius 2 is 1.71 bits per heavy atom. The van der Waals surface area contributed by atoms with E-state index in [1.807, 2.05) is 24.3 Å².